The smallest absolute Gasteiger partial charge is 0.309 e. The van der Waals surface area contributed by atoms with E-state index in [1.165, 1.54) is 14.2 Å². The molecule has 0 saturated carbocycles. The normalized spacial score (nSPS) is 29.6. The molecule has 0 spiro atoms. The summed E-state index contributed by atoms with van der Waals surface area (Å²) in [6.45, 7) is -0.293. The molecule has 202 valence electrons. The molecule has 0 aliphatic carbocycles. The van der Waals surface area contributed by atoms with E-state index in [1.807, 2.05) is 0 Å². The largest absolute Gasteiger partial charge is 0.504 e. The first-order valence-corrected chi connectivity index (χ1v) is 11.9. The highest BCUT2D eigenvalue weighted by atomic mass is 16.7. The molecule has 4 rings (SSSR count). The number of phenolic OH excluding ortho intramolecular Hbond substituents is 1. The van der Waals surface area contributed by atoms with Crippen molar-refractivity contribution in [2.45, 2.75) is 43.5 Å². The summed E-state index contributed by atoms with van der Waals surface area (Å²) in [5.41, 5.74) is 1.69. The number of rotatable bonds is 9. The first-order chi connectivity index (χ1) is 17.7. The molecule has 11 nitrogen and oxygen atoms in total. The summed E-state index contributed by atoms with van der Waals surface area (Å²) in [5, 5.41) is 49.5. The van der Waals surface area contributed by atoms with Crippen molar-refractivity contribution < 1.29 is 54.0 Å². The Kier molecular flexibility index (Phi) is 8.40. The number of ether oxygens (including phenoxy) is 5. The monoisotopic (exact) mass is 520 g/mol. The van der Waals surface area contributed by atoms with Crippen LogP contribution in [0.5, 0.6) is 23.0 Å². The number of carbonyl (C=O) groups excluding carboxylic acids is 1. The van der Waals surface area contributed by atoms with E-state index in [-0.39, 0.29) is 30.0 Å². The van der Waals surface area contributed by atoms with Gasteiger partial charge in [-0.05, 0) is 48.2 Å². The summed E-state index contributed by atoms with van der Waals surface area (Å²) in [7, 11) is 2.91. The van der Waals surface area contributed by atoms with Crippen LogP contribution in [0.2, 0.25) is 0 Å². The maximum atomic E-state index is 12.5. The van der Waals surface area contributed by atoms with E-state index < -0.39 is 43.2 Å². The first kappa shape index (κ1) is 27.0. The lowest BCUT2D eigenvalue weighted by atomic mass is 9.85. The fourth-order valence-corrected chi connectivity index (χ4v) is 4.69. The van der Waals surface area contributed by atoms with Gasteiger partial charge in [-0.2, -0.15) is 0 Å². The second-order valence-corrected chi connectivity index (χ2v) is 9.21. The number of aliphatic hydroxyl groups is 4. The third-order valence-electron chi connectivity index (χ3n) is 6.83. The second kappa shape index (κ2) is 11.5. The maximum Gasteiger partial charge on any atom is 0.309 e. The number of aromatic hydroxyl groups is 1. The van der Waals surface area contributed by atoms with Crippen molar-refractivity contribution in [1.82, 2.24) is 0 Å². The van der Waals surface area contributed by atoms with Crippen LogP contribution in [-0.2, 0) is 27.1 Å². The van der Waals surface area contributed by atoms with Crippen LogP contribution in [-0.4, -0.2) is 89.6 Å². The fourth-order valence-electron chi connectivity index (χ4n) is 4.69. The molecule has 11 heteroatoms. The molecule has 7 atom stereocenters. The van der Waals surface area contributed by atoms with E-state index >= 15 is 0 Å². The van der Waals surface area contributed by atoms with Crippen LogP contribution >= 0.6 is 0 Å². The van der Waals surface area contributed by atoms with Crippen molar-refractivity contribution in [3.63, 3.8) is 0 Å². The molecule has 2 aliphatic heterocycles. The van der Waals surface area contributed by atoms with Crippen molar-refractivity contribution in [3.8, 4) is 23.0 Å². The predicted molar refractivity (Wildman–Crippen MR) is 127 cm³/mol. The van der Waals surface area contributed by atoms with Gasteiger partial charge >= 0.3 is 5.97 Å². The van der Waals surface area contributed by atoms with E-state index in [2.05, 4.69) is 0 Å². The van der Waals surface area contributed by atoms with Gasteiger partial charge < -0.3 is 49.2 Å². The molecule has 37 heavy (non-hydrogen) atoms. The molecule has 0 bridgehead atoms. The predicted octanol–water partition coefficient (Wildman–Crippen LogP) is 0.163. The van der Waals surface area contributed by atoms with Crippen LogP contribution in [0.1, 0.15) is 11.1 Å². The molecule has 0 radical (unpaired) electrons. The third-order valence-corrected chi connectivity index (χ3v) is 6.83. The molecule has 2 heterocycles. The summed E-state index contributed by atoms with van der Waals surface area (Å²) >= 11 is 0. The lowest BCUT2D eigenvalue weighted by Crippen LogP contribution is -2.60. The summed E-state index contributed by atoms with van der Waals surface area (Å²) in [6.07, 6.45) is -6.14. The van der Waals surface area contributed by atoms with E-state index in [4.69, 9.17) is 23.7 Å². The number of phenols is 1. The van der Waals surface area contributed by atoms with Crippen molar-refractivity contribution >= 4 is 5.97 Å². The Balaban J connectivity index is 1.47. The average molecular weight is 521 g/mol. The Morgan fingerprint density at radius 2 is 1.57 bits per heavy atom. The molecule has 5 N–H and O–H groups in total. The van der Waals surface area contributed by atoms with E-state index in [9.17, 15) is 30.3 Å². The van der Waals surface area contributed by atoms with Gasteiger partial charge in [0, 0.05) is 5.92 Å². The Morgan fingerprint density at radius 1 is 0.892 bits per heavy atom. The Bertz CT molecular complexity index is 1090. The van der Waals surface area contributed by atoms with Gasteiger partial charge in [0.1, 0.15) is 24.4 Å². The molecule has 2 aromatic rings. The topological polar surface area (TPSA) is 164 Å². The first-order valence-electron chi connectivity index (χ1n) is 11.9. The van der Waals surface area contributed by atoms with Crippen LogP contribution < -0.4 is 14.2 Å². The molecule has 0 aromatic heterocycles. The quantitative estimate of drug-likeness (QED) is 0.286. The van der Waals surface area contributed by atoms with E-state index in [0.717, 1.165) is 11.1 Å². The number of cyclic esters (lactones) is 1. The number of carbonyl (C=O) groups is 1. The van der Waals surface area contributed by atoms with Crippen LogP contribution in [0.25, 0.3) is 0 Å². The number of methoxy groups -OCH3 is 2. The SMILES string of the molecule is COc1cc(C[C@@H]2COC(=O)[C@@H]2Cc2ccc(O[C@H]3O[C@H](CO)[C@@H](O)[C@H](O)[C@H]3O)c(OC)c2)ccc1O. The van der Waals surface area contributed by atoms with Crippen LogP contribution in [0, 0.1) is 11.8 Å². The third kappa shape index (κ3) is 5.76. The zero-order valence-corrected chi connectivity index (χ0v) is 20.5. The van der Waals surface area contributed by atoms with Gasteiger partial charge in [-0.1, -0.05) is 12.1 Å². The van der Waals surface area contributed by atoms with Crippen LogP contribution in [0.3, 0.4) is 0 Å². The number of hydrogen-bond donors (Lipinski definition) is 5. The molecule has 0 unspecified atom stereocenters. The van der Waals surface area contributed by atoms with Crippen LogP contribution in [0.4, 0.5) is 0 Å². The minimum absolute atomic E-state index is 0.0414. The van der Waals surface area contributed by atoms with Crippen molar-refractivity contribution in [2.75, 3.05) is 27.4 Å². The van der Waals surface area contributed by atoms with E-state index in [0.29, 0.717) is 24.3 Å². The Hall–Kier alpha value is -3.09. The summed E-state index contributed by atoms with van der Waals surface area (Å²) in [6, 6.07) is 10.1. The summed E-state index contributed by atoms with van der Waals surface area (Å²) < 4.78 is 27.1. The molecular formula is C26H32O11. The highest BCUT2D eigenvalue weighted by Gasteiger charge is 2.45. The fraction of sp³-hybridized carbons (Fsp3) is 0.500. The van der Waals surface area contributed by atoms with Crippen molar-refractivity contribution in [1.29, 1.82) is 0 Å². The van der Waals surface area contributed by atoms with Crippen LogP contribution in [0.15, 0.2) is 36.4 Å². The maximum absolute atomic E-state index is 12.5. The number of hydrogen-bond acceptors (Lipinski definition) is 11. The van der Waals surface area contributed by atoms with Gasteiger partial charge in [0.05, 0.1) is 33.4 Å². The lowest BCUT2D eigenvalue weighted by molar-refractivity contribution is -0.277. The van der Waals surface area contributed by atoms with Gasteiger partial charge in [-0.3, -0.25) is 4.79 Å². The summed E-state index contributed by atoms with van der Waals surface area (Å²) in [5.74, 6) is 0.132. The van der Waals surface area contributed by atoms with Gasteiger partial charge in [-0.25, -0.2) is 0 Å². The summed E-state index contributed by atoms with van der Waals surface area (Å²) in [4.78, 5) is 12.5. The van der Waals surface area contributed by atoms with Gasteiger partial charge in [0.25, 0.3) is 0 Å². The minimum atomic E-state index is -1.57. The number of benzene rings is 2. The minimum Gasteiger partial charge on any atom is -0.504 e. The zero-order chi connectivity index (χ0) is 26.7. The molecule has 0 amide bonds. The standard InChI is InChI=1S/C26H32O11/c1-33-19-9-13(3-5-17(19)28)7-15-12-35-25(32)16(15)8-14-4-6-18(20(10-14)34-2)36-26-24(31)23(30)22(29)21(11-27)37-26/h3-6,9-10,15-16,21-24,26-31H,7-8,11-12H2,1-2H3/t15-,16-,21-,22-,23+,24-,26+/m1/s1. The Morgan fingerprint density at radius 3 is 2.27 bits per heavy atom. The zero-order valence-electron chi connectivity index (χ0n) is 20.5. The lowest BCUT2D eigenvalue weighted by Gasteiger charge is -2.39. The van der Waals surface area contributed by atoms with Crippen molar-refractivity contribution in [2.24, 2.45) is 11.8 Å². The number of aliphatic hydroxyl groups excluding tert-OH is 4. The van der Waals surface area contributed by atoms with Gasteiger partial charge in [-0.15, -0.1) is 0 Å². The molecule has 2 fully saturated rings. The van der Waals surface area contributed by atoms with Crippen molar-refractivity contribution in [3.05, 3.63) is 47.5 Å². The van der Waals surface area contributed by atoms with E-state index in [1.54, 1.807) is 36.4 Å². The molecular weight excluding hydrogens is 488 g/mol. The highest BCUT2D eigenvalue weighted by molar-refractivity contribution is 5.75. The highest BCUT2D eigenvalue weighted by Crippen LogP contribution is 2.36. The molecule has 2 aromatic carbocycles. The van der Waals surface area contributed by atoms with Gasteiger partial charge in [0.2, 0.25) is 6.29 Å². The average Bonchev–Trinajstić information content (AvgIpc) is 3.24. The molecule has 2 aliphatic rings. The number of esters is 1. The van der Waals surface area contributed by atoms with Gasteiger partial charge in [0.15, 0.2) is 23.0 Å². The Labute approximate surface area is 213 Å². The second-order valence-electron chi connectivity index (χ2n) is 9.21. The molecule has 2 saturated heterocycles.